The number of anilines is 3. The molecule has 1 aliphatic rings. The lowest BCUT2D eigenvalue weighted by Gasteiger charge is -2.24. The molecule has 3 rings (SSSR count). The van der Waals surface area contributed by atoms with E-state index in [1.54, 1.807) is 49.5 Å². The zero-order chi connectivity index (χ0) is 16.6. The van der Waals surface area contributed by atoms with Gasteiger partial charge in [-0.15, -0.1) is 0 Å². The minimum absolute atomic E-state index is 0.275. The quantitative estimate of drug-likeness (QED) is 0.756. The van der Waals surface area contributed by atoms with Crippen molar-refractivity contribution in [3.63, 3.8) is 0 Å². The van der Waals surface area contributed by atoms with E-state index in [1.165, 1.54) is 9.80 Å². The fraction of sp³-hybridized carbons (Fsp3) is 0.118. The lowest BCUT2D eigenvalue weighted by atomic mass is 10.1. The van der Waals surface area contributed by atoms with Gasteiger partial charge in [-0.2, -0.15) is 5.26 Å². The second kappa shape index (κ2) is 5.75. The summed E-state index contributed by atoms with van der Waals surface area (Å²) in [6.45, 7) is 0. The molecule has 0 atom stereocenters. The summed E-state index contributed by atoms with van der Waals surface area (Å²) in [5.74, 6) is -0.707. The smallest absolute Gasteiger partial charge is 0.241 e. The first-order valence-corrected chi connectivity index (χ1v) is 7.29. The molecule has 1 heterocycles. The highest BCUT2D eigenvalue weighted by molar-refractivity contribution is 6.31. The highest BCUT2D eigenvalue weighted by Crippen LogP contribution is 2.40. The Hall–Kier alpha value is -2.84. The van der Waals surface area contributed by atoms with E-state index in [-0.39, 0.29) is 12.3 Å². The maximum atomic E-state index is 12.6. The Morgan fingerprint density at radius 1 is 1.04 bits per heavy atom. The van der Waals surface area contributed by atoms with Crippen LogP contribution < -0.4 is 9.80 Å². The van der Waals surface area contributed by atoms with Gasteiger partial charge in [0.05, 0.1) is 22.6 Å². The van der Waals surface area contributed by atoms with Gasteiger partial charge in [0.25, 0.3) is 0 Å². The summed E-state index contributed by atoms with van der Waals surface area (Å²) in [6.07, 6.45) is -0.275. The lowest BCUT2D eigenvalue weighted by Crippen LogP contribution is -2.29. The molecular formula is C17H12ClN3O2. The highest BCUT2D eigenvalue weighted by Gasteiger charge is 2.31. The maximum Gasteiger partial charge on any atom is 0.241 e. The van der Waals surface area contributed by atoms with Crippen LogP contribution in [-0.2, 0) is 9.59 Å². The predicted molar refractivity (Wildman–Crippen MR) is 87.8 cm³/mol. The number of hydrogen-bond acceptors (Lipinski definition) is 3. The van der Waals surface area contributed by atoms with Crippen LogP contribution in [0.4, 0.5) is 17.1 Å². The van der Waals surface area contributed by atoms with Gasteiger partial charge in [-0.1, -0.05) is 23.7 Å². The largest absolute Gasteiger partial charge is 0.313 e. The summed E-state index contributed by atoms with van der Waals surface area (Å²) in [7, 11) is 1.61. The minimum Gasteiger partial charge on any atom is -0.313 e. The predicted octanol–water partition coefficient (Wildman–Crippen LogP) is 3.24. The first kappa shape index (κ1) is 15.1. The molecule has 0 spiro atoms. The van der Waals surface area contributed by atoms with Crippen LogP contribution in [0, 0.1) is 11.3 Å². The molecule has 0 aliphatic carbocycles. The summed E-state index contributed by atoms with van der Waals surface area (Å²) in [5, 5.41) is 9.76. The third-order valence-electron chi connectivity index (χ3n) is 3.73. The van der Waals surface area contributed by atoms with E-state index in [0.29, 0.717) is 27.6 Å². The molecule has 1 aliphatic heterocycles. The number of halogens is 1. The summed E-state index contributed by atoms with van der Waals surface area (Å²) >= 11 is 6.08. The zero-order valence-corrected chi connectivity index (χ0v) is 13.0. The van der Waals surface area contributed by atoms with Gasteiger partial charge < -0.3 is 4.90 Å². The van der Waals surface area contributed by atoms with E-state index in [1.807, 2.05) is 0 Å². The fourth-order valence-electron chi connectivity index (χ4n) is 2.58. The van der Waals surface area contributed by atoms with Gasteiger partial charge in [-0.25, -0.2) is 0 Å². The molecule has 0 unspecified atom stereocenters. The first-order chi connectivity index (χ1) is 11.0. The topological polar surface area (TPSA) is 64.4 Å². The summed E-state index contributed by atoms with van der Waals surface area (Å²) in [5.41, 5.74) is 1.84. The van der Waals surface area contributed by atoms with Gasteiger partial charge in [-0.05, 0) is 30.3 Å². The van der Waals surface area contributed by atoms with Crippen molar-refractivity contribution in [2.24, 2.45) is 0 Å². The van der Waals surface area contributed by atoms with Crippen LogP contribution in [0.15, 0.2) is 42.5 Å². The van der Waals surface area contributed by atoms with Crippen LogP contribution in [0.5, 0.6) is 0 Å². The van der Waals surface area contributed by atoms with Gasteiger partial charge in [0, 0.05) is 12.1 Å². The first-order valence-electron chi connectivity index (χ1n) is 6.91. The second-order valence-electron chi connectivity index (χ2n) is 5.12. The van der Waals surface area contributed by atoms with Crippen molar-refractivity contribution in [2.75, 3.05) is 16.8 Å². The molecule has 5 nitrogen and oxygen atoms in total. The molecule has 2 aromatic carbocycles. The lowest BCUT2D eigenvalue weighted by molar-refractivity contribution is -0.125. The SMILES string of the molecule is CN1C(=O)CC(=O)N(c2ccccc2C#N)c2cc(Cl)ccc21. The van der Waals surface area contributed by atoms with Crippen molar-refractivity contribution >= 4 is 40.5 Å². The average molecular weight is 326 g/mol. The Balaban J connectivity index is 2.29. The van der Waals surface area contributed by atoms with Crippen LogP contribution in [0.1, 0.15) is 12.0 Å². The Kier molecular flexibility index (Phi) is 3.77. The number of carbonyl (C=O) groups excluding carboxylic acids is 2. The normalized spacial score (nSPS) is 14.3. The second-order valence-corrected chi connectivity index (χ2v) is 5.56. The molecule has 0 fully saturated rings. The van der Waals surface area contributed by atoms with Crippen molar-refractivity contribution in [2.45, 2.75) is 6.42 Å². The molecule has 0 saturated carbocycles. The number of nitriles is 1. The van der Waals surface area contributed by atoms with Crippen molar-refractivity contribution in [1.29, 1.82) is 5.26 Å². The summed E-state index contributed by atoms with van der Waals surface area (Å²) in [4.78, 5) is 27.6. The molecule has 0 saturated heterocycles. The van der Waals surface area contributed by atoms with E-state index in [4.69, 9.17) is 11.6 Å². The van der Waals surface area contributed by atoms with Crippen LogP contribution in [-0.4, -0.2) is 18.9 Å². The van der Waals surface area contributed by atoms with Crippen molar-refractivity contribution in [3.8, 4) is 6.07 Å². The maximum absolute atomic E-state index is 12.6. The standard InChI is InChI=1S/C17H12ClN3O2/c1-20-14-7-6-12(18)8-15(14)21(17(23)9-16(20)22)13-5-3-2-4-11(13)10-19/h2-8H,9H2,1H3. The highest BCUT2D eigenvalue weighted by atomic mass is 35.5. The van der Waals surface area contributed by atoms with E-state index in [2.05, 4.69) is 6.07 Å². The number of benzene rings is 2. The van der Waals surface area contributed by atoms with Gasteiger partial charge in [0.1, 0.15) is 12.5 Å². The number of amides is 2. The van der Waals surface area contributed by atoms with Crippen molar-refractivity contribution in [3.05, 3.63) is 53.1 Å². The molecule has 0 radical (unpaired) electrons. The summed E-state index contributed by atoms with van der Waals surface area (Å²) in [6, 6.07) is 13.8. The zero-order valence-electron chi connectivity index (χ0n) is 12.3. The molecule has 23 heavy (non-hydrogen) atoms. The Labute approximate surface area is 138 Å². The molecule has 0 bridgehead atoms. The Bertz CT molecular complexity index is 857. The average Bonchev–Trinajstić information content (AvgIpc) is 2.63. The minimum atomic E-state index is -0.398. The van der Waals surface area contributed by atoms with Crippen LogP contribution >= 0.6 is 11.6 Å². The number of hydrogen-bond donors (Lipinski definition) is 0. The third kappa shape index (κ3) is 2.54. The molecule has 2 amide bonds. The molecule has 0 aromatic heterocycles. The van der Waals surface area contributed by atoms with Crippen molar-refractivity contribution < 1.29 is 9.59 Å². The fourth-order valence-corrected chi connectivity index (χ4v) is 2.75. The molecule has 2 aromatic rings. The van der Waals surface area contributed by atoms with Gasteiger partial charge in [0.15, 0.2) is 0 Å². The third-order valence-corrected chi connectivity index (χ3v) is 3.97. The number of para-hydroxylation sites is 1. The number of carbonyl (C=O) groups is 2. The van der Waals surface area contributed by atoms with Gasteiger partial charge in [-0.3, -0.25) is 14.5 Å². The Morgan fingerprint density at radius 2 is 1.78 bits per heavy atom. The monoisotopic (exact) mass is 325 g/mol. The number of rotatable bonds is 1. The number of nitrogens with zero attached hydrogens (tertiary/aromatic N) is 3. The molecule has 114 valence electrons. The van der Waals surface area contributed by atoms with E-state index < -0.39 is 5.91 Å². The van der Waals surface area contributed by atoms with E-state index in [0.717, 1.165) is 0 Å². The summed E-state index contributed by atoms with van der Waals surface area (Å²) < 4.78 is 0. The van der Waals surface area contributed by atoms with Crippen molar-refractivity contribution in [1.82, 2.24) is 0 Å². The van der Waals surface area contributed by atoms with Gasteiger partial charge in [0.2, 0.25) is 11.8 Å². The van der Waals surface area contributed by atoms with Crippen LogP contribution in [0.3, 0.4) is 0 Å². The van der Waals surface area contributed by atoms with Crippen LogP contribution in [0.2, 0.25) is 5.02 Å². The molecule has 6 heteroatoms. The van der Waals surface area contributed by atoms with E-state index >= 15 is 0 Å². The molecular weight excluding hydrogens is 314 g/mol. The van der Waals surface area contributed by atoms with Crippen LogP contribution in [0.25, 0.3) is 0 Å². The Morgan fingerprint density at radius 3 is 2.52 bits per heavy atom. The van der Waals surface area contributed by atoms with Gasteiger partial charge >= 0.3 is 0 Å². The number of fused-ring (bicyclic) bond motifs is 1. The van der Waals surface area contributed by atoms with E-state index in [9.17, 15) is 14.9 Å². The molecule has 0 N–H and O–H groups in total.